The van der Waals surface area contributed by atoms with Gasteiger partial charge < -0.3 is 9.72 Å². The molecule has 3 rings (SSSR count). The maximum Gasteiger partial charge on any atom is 0.411 e. The van der Waals surface area contributed by atoms with E-state index in [2.05, 4.69) is 15.3 Å². The summed E-state index contributed by atoms with van der Waals surface area (Å²) in [6.45, 7) is 2.15. The second-order valence-corrected chi connectivity index (χ2v) is 5.18. The molecule has 1 amide bonds. The Hall–Kier alpha value is -2.04. The number of amides is 1. The zero-order valence-electron chi connectivity index (χ0n) is 11.6. The predicted octanol–water partition coefficient (Wildman–Crippen LogP) is 3.79. The van der Waals surface area contributed by atoms with Crippen LogP contribution in [0, 0.1) is 0 Å². The number of nitrogens with zero attached hydrogens (tertiary/aromatic N) is 1. The molecular formula is C15H19N3O2. The first-order chi connectivity index (χ1) is 9.76. The summed E-state index contributed by atoms with van der Waals surface area (Å²) in [6, 6.07) is 5.67. The number of aromatic amines is 1. The first kappa shape index (κ1) is 13.0. The molecule has 0 aliphatic heterocycles. The number of nitrogens with one attached hydrogen (secondary N) is 2. The quantitative estimate of drug-likeness (QED) is 0.894. The van der Waals surface area contributed by atoms with Gasteiger partial charge in [0.05, 0.1) is 17.6 Å². The van der Waals surface area contributed by atoms with Crippen LogP contribution in [0.2, 0.25) is 0 Å². The zero-order valence-corrected chi connectivity index (χ0v) is 11.6. The van der Waals surface area contributed by atoms with Crippen molar-refractivity contribution in [3.05, 3.63) is 24.0 Å². The van der Waals surface area contributed by atoms with Crippen molar-refractivity contribution >= 4 is 22.8 Å². The maximum absolute atomic E-state index is 11.4. The number of carbonyl (C=O) groups is 1. The topological polar surface area (TPSA) is 67.0 Å². The van der Waals surface area contributed by atoms with Crippen molar-refractivity contribution in [2.45, 2.75) is 38.5 Å². The fourth-order valence-electron chi connectivity index (χ4n) is 2.78. The summed E-state index contributed by atoms with van der Waals surface area (Å²) >= 11 is 0. The summed E-state index contributed by atoms with van der Waals surface area (Å²) in [7, 11) is 0. The molecule has 1 fully saturated rings. The Morgan fingerprint density at radius 2 is 2.25 bits per heavy atom. The molecule has 1 aliphatic carbocycles. The van der Waals surface area contributed by atoms with E-state index in [0.717, 1.165) is 22.5 Å². The minimum absolute atomic E-state index is 0.365. The lowest BCUT2D eigenvalue weighted by molar-refractivity contribution is 0.168. The molecule has 0 spiro atoms. The van der Waals surface area contributed by atoms with Crippen molar-refractivity contribution in [1.29, 1.82) is 0 Å². The van der Waals surface area contributed by atoms with Gasteiger partial charge in [-0.15, -0.1) is 0 Å². The molecule has 0 atom stereocenters. The third-order valence-electron chi connectivity index (χ3n) is 3.76. The van der Waals surface area contributed by atoms with Crippen molar-refractivity contribution in [2.24, 2.45) is 0 Å². The van der Waals surface area contributed by atoms with Crippen LogP contribution in [0.25, 0.3) is 11.0 Å². The molecule has 1 saturated carbocycles. The molecule has 0 saturated heterocycles. The molecule has 1 aromatic carbocycles. The van der Waals surface area contributed by atoms with Gasteiger partial charge in [0, 0.05) is 11.6 Å². The highest BCUT2D eigenvalue weighted by molar-refractivity contribution is 5.88. The lowest BCUT2D eigenvalue weighted by Crippen LogP contribution is -2.13. The molecule has 1 heterocycles. The average molecular weight is 273 g/mol. The summed E-state index contributed by atoms with van der Waals surface area (Å²) in [4.78, 5) is 19.4. The number of rotatable bonds is 3. The van der Waals surface area contributed by atoms with E-state index in [9.17, 15) is 4.79 Å². The largest absolute Gasteiger partial charge is 0.450 e. The summed E-state index contributed by atoms with van der Waals surface area (Å²) in [5.74, 6) is 1.63. The van der Waals surface area contributed by atoms with Crippen LogP contribution in [0.3, 0.4) is 0 Å². The number of hydrogen-bond acceptors (Lipinski definition) is 3. The minimum atomic E-state index is -0.428. The zero-order chi connectivity index (χ0) is 13.9. The van der Waals surface area contributed by atoms with Crippen LogP contribution in [0.15, 0.2) is 18.2 Å². The van der Waals surface area contributed by atoms with Gasteiger partial charge in [-0.25, -0.2) is 9.78 Å². The van der Waals surface area contributed by atoms with E-state index >= 15 is 0 Å². The van der Waals surface area contributed by atoms with Crippen LogP contribution in [0.4, 0.5) is 10.5 Å². The Balaban J connectivity index is 1.81. The molecule has 2 N–H and O–H groups in total. The van der Waals surface area contributed by atoms with E-state index < -0.39 is 6.09 Å². The van der Waals surface area contributed by atoms with Crippen LogP contribution >= 0.6 is 0 Å². The number of benzene rings is 1. The highest BCUT2D eigenvalue weighted by Gasteiger charge is 2.20. The minimum Gasteiger partial charge on any atom is -0.450 e. The number of fused-ring (bicyclic) bond motifs is 1. The van der Waals surface area contributed by atoms with Gasteiger partial charge in [0.15, 0.2) is 0 Å². The van der Waals surface area contributed by atoms with Crippen LogP contribution in [-0.4, -0.2) is 22.7 Å². The molecular weight excluding hydrogens is 254 g/mol. The smallest absolute Gasteiger partial charge is 0.411 e. The van der Waals surface area contributed by atoms with E-state index in [-0.39, 0.29) is 0 Å². The molecule has 5 heteroatoms. The van der Waals surface area contributed by atoms with Gasteiger partial charge in [-0.1, -0.05) is 12.8 Å². The van der Waals surface area contributed by atoms with Gasteiger partial charge in [-0.05, 0) is 38.0 Å². The molecule has 0 bridgehead atoms. The number of ether oxygens (including phenoxy) is 1. The lowest BCUT2D eigenvalue weighted by atomic mass is 10.1. The molecule has 1 aromatic heterocycles. The van der Waals surface area contributed by atoms with E-state index in [1.807, 2.05) is 18.2 Å². The van der Waals surface area contributed by atoms with Crippen LogP contribution in [0.5, 0.6) is 0 Å². The number of imidazole rings is 1. The maximum atomic E-state index is 11.4. The third kappa shape index (κ3) is 2.61. The van der Waals surface area contributed by atoms with Crippen molar-refractivity contribution in [3.8, 4) is 0 Å². The molecule has 5 nitrogen and oxygen atoms in total. The Morgan fingerprint density at radius 1 is 1.45 bits per heavy atom. The molecule has 0 radical (unpaired) electrons. The third-order valence-corrected chi connectivity index (χ3v) is 3.76. The molecule has 0 unspecified atom stereocenters. The van der Waals surface area contributed by atoms with E-state index in [1.165, 1.54) is 25.7 Å². The van der Waals surface area contributed by atoms with Gasteiger partial charge in [0.25, 0.3) is 0 Å². The number of H-pyrrole nitrogens is 1. The normalized spacial score (nSPS) is 15.7. The fourth-order valence-corrected chi connectivity index (χ4v) is 2.78. The molecule has 2 aromatic rings. The van der Waals surface area contributed by atoms with E-state index in [4.69, 9.17) is 4.74 Å². The van der Waals surface area contributed by atoms with Crippen LogP contribution in [-0.2, 0) is 4.74 Å². The highest BCUT2D eigenvalue weighted by Crippen LogP contribution is 2.33. The summed E-state index contributed by atoms with van der Waals surface area (Å²) in [5, 5.41) is 2.70. The summed E-state index contributed by atoms with van der Waals surface area (Å²) in [6.07, 6.45) is 4.58. The van der Waals surface area contributed by atoms with Crippen LogP contribution < -0.4 is 5.32 Å². The number of aromatic nitrogens is 2. The number of carbonyl (C=O) groups excluding carboxylic acids is 1. The van der Waals surface area contributed by atoms with Gasteiger partial charge in [-0.3, -0.25) is 5.32 Å². The lowest BCUT2D eigenvalue weighted by Gasteiger charge is -2.04. The van der Waals surface area contributed by atoms with Gasteiger partial charge in [0.1, 0.15) is 5.82 Å². The first-order valence-corrected chi connectivity index (χ1v) is 7.19. The molecule has 1 aliphatic rings. The van der Waals surface area contributed by atoms with E-state index in [1.54, 1.807) is 6.92 Å². The molecule has 106 valence electrons. The van der Waals surface area contributed by atoms with Gasteiger partial charge >= 0.3 is 6.09 Å². The Labute approximate surface area is 117 Å². The van der Waals surface area contributed by atoms with Crippen molar-refractivity contribution < 1.29 is 9.53 Å². The van der Waals surface area contributed by atoms with Crippen molar-refractivity contribution in [2.75, 3.05) is 11.9 Å². The Morgan fingerprint density at radius 3 is 3.00 bits per heavy atom. The highest BCUT2D eigenvalue weighted by atomic mass is 16.5. The van der Waals surface area contributed by atoms with Gasteiger partial charge in [-0.2, -0.15) is 0 Å². The summed E-state index contributed by atoms with van der Waals surface area (Å²) in [5.41, 5.74) is 2.63. The van der Waals surface area contributed by atoms with Crippen molar-refractivity contribution in [3.63, 3.8) is 0 Å². The second-order valence-electron chi connectivity index (χ2n) is 5.18. The second kappa shape index (κ2) is 5.53. The standard InChI is InChI=1S/C15H19N3O2/c1-2-20-15(19)16-11-7-8-12-13(9-11)18-14(17-12)10-5-3-4-6-10/h7-10H,2-6H2,1H3,(H,16,19)(H,17,18). The SMILES string of the molecule is CCOC(=O)Nc1ccc2nc(C3CCCC3)[nH]c2c1. The van der Waals surface area contributed by atoms with Gasteiger partial charge in [0.2, 0.25) is 0 Å². The van der Waals surface area contributed by atoms with Crippen LogP contribution in [0.1, 0.15) is 44.3 Å². The first-order valence-electron chi connectivity index (χ1n) is 7.19. The Bertz CT molecular complexity index is 615. The predicted molar refractivity (Wildman–Crippen MR) is 77.9 cm³/mol. The van der Waals surface area contributed by atoms with E-state index in [0.29, 0.717) is 12.5 Å². The number of anilines is 1. The van der Waals surface area contributed by atoms with Crippen molar-refractivity contribution in [1.82, 2.24) is 9.97 Å². The fraction of sp³-hybridized carbons (Fsp3) is 0.467. The Kier molecular flexibility index (Phi) is 3.58. The number of hydrogen-bond donors (Lipinski definition) is 2. The summed E-state index contributed by atoms with van der Waals surface area (Å²) < 4.78 is 4.87. The average Bonchev–Trinajstić information content (AvgIpc) is 3.07. The molecule has 20 heavy (non-hydrogen) atoms. The monoisotopic (exact) mass is 273 g/mol.